The number of aromatic nitrogens is 4. The number of nitrogens with zero attached hydrogens (tertiary/aromatic N) is 7. The quantitative estimate of drug-likeness (QED) is 0.0771. The molecule has 0 saturated carbocycles. The van der Waals surface area contributed by atoms with E-state index < -0.39 is 7.81 Å². The maximum Gasteiger partial charge on any atom is 0.219 e. The van der Waals surface area contributed by atoms with Gasteiger partial charge in [0, 0.05) is 56.8 Å². The van der Waals surface area contributed by atoms with E-state index >= 15 is 0 Å². The van der Waals surface area contributed by atoms with Gasteiger partial charge in [-0.05, 0) is 43.2 Å². The minimum Gasteiger partial charge on any atom is -0.409 e. The van der Waals surface area contributed by atoms with Crippen LogP contribution in [-0.4, -0.2) is 64.7 Å². The molecule has 1 fully saturated rings. The average molecular weight is 1060 g/mol. The van der Waals surface area contributed by atoms with Crippen molar-refractivity contribution in [3.63, 3.8) is 0 Å². The zero-order chi connectivity index (χ0) is 31.9. The molecular formula is C20H29AtF6N7O6PU-2. The second-order valence-electron chi connectivity index (χ2n) is 6.61. The molecule has 0 spiro atoms. The van der Waals surface area contributed by atoms with Gasteiger partial charge in [0.15, 0.2) is 5.71 Å². The monoisotopic (exact) mass is 1060 g/mol. The van der Waals surface area contributed by atoms with E-state index in [1.165, 1.54) is 32.5 Å². The molecule has 0 amide bonds. The van der Waals surface area contributed by atoms with E-state index in [1.807, 2.05) is 13.0 Å². The summed E-state index contributed by atoms with van der Waals surface area (Å²) in [6, 6.07) is 5.43. The SMILES string of the molecule is C.C=C(O/N=C(/C#N)CC)N1CCCCC1.C[C-]=O.F[P-](F)(F)(F)(F)F.O=C=O.O[At].On1nnc2cccnc21.[U]. The first kappa shape index (κ1) is 49.5. The van der Waals surface area contributed by atoms with Gasteiger partial charge >= 0.3 is 67.5 Å². The minimum atomic E-state index is -10.7. The zero-order valence-corrected chi connectivity index (χ0v) is 29.4. The Labute approximate surface area is 277 Å². The Morgan fingerprint density at radius 2 is 1.67 bits per heavy atom. The van der Waals surface area contributed by atoms with Crippen molar-refractivity contribution in [2.45, 2.75) is 47.0 Å². The molecular weight excluding hydrogens is 1030 g/mol. The molecule has 240 valence electrons. The van der Waals surface area contributed by atoms with Crippen LogP contribution >= 0.6 is 7.81 Å². The molecule has 3 heterocycles. The van der Waals surface area contributed by atoms with E-state index in [1.54, 1.807) is 18.3 Å². The molecule has 1 aliphatic heterocycles. The second kappa shape index (κ2) is 24.3. The molecule has 0 aliphatic carbocycles. The molecule has 22 heteroatoms. The number of hydrogen-bond donors (Lipinski definition) is 2. The molecule has 0 radical (unpaired) electrons. The van der Waals surface area contributed by atoms with Crippen LogP contribution in [0, 0.1) is 67.6 Å². The maximum atomic E-state index is 9.87. The third-order valence-corrected chi connectivity index (χ3v) is 3.63. The number of hydrogen-bond acceptors (Lipinski definition) is 12. The van der Waals surface area contributed by atoms with Crippen molar-refractivity contribution in [2.24, 2.45) is 5.16 Å². The molecule has 1 saturated heterocycles. The maximum absolute atomic E-state index is 10.7. The summed E-state index contributed by atoms with van der Waals surface area (Å²) in [6.07, 6.45) is 7.52. The number of likely N-dealkylation sites (tertiary alicyclic amines) is 1. The Hall–Kier alpha value is -2.19. The molecule has 0 aromatic carbocycles. The van der Waals surface area contributed by atoms with E-state index in [0.717, 1.165) is 38.2 Å². The van der Waals surface area contributed by atoms with Gasteiger partial charge < -0.3 is 19.7 Å². The summed E-state index contributed by atoms with van der Waals surface area (Å²) in [5, 5.41) is 28.3. The van der Waals surface area contributed by atoms with Crippen LogP contribution in [0.5, 0.6) is 0 Å². The molecule has 0 atom stereocenters. The number of nitriles is 1. The van der Waals surface area contributed by atoms with Crippen molar-refractivity contribution in [1.29, 1.82) is 5.26 Å². The Morgan fingerprint density at radius 3 is 2.05 bits per heavy atom. The van der Waals surface area contributed by atoms with E-state index in [4.69, 9.17) is 32.9 Å². The van der Waals surface area contributed by atoms with Gasteiger partial charge in [-0.3, -0.25) is 6.29 Å². The standard InChI is InChI=1S/C11H17N3O.C5H4N4O.C2H3O.CO2.CH4.AtHO.F6P.U/c1-3-11(9-12)13-15-10(2)14-7-5-4-6-8-14;10-9-5-4(7-8-9)2-1-3-6-5;1-2-3;2-1-3;;1-2;1-7(2,3,4,5)6;/h2-8H2,1H3;1-3,10H;1H3;;1H4;2H;;/q;;-1;;;;-1;/b13-11+;;;;;;;. The van der Waals surface area contributed by atoms with E-state index in [0.29, 0.717) is 34.0 Å². The summed E-state index contributed by atoms with van der Waals surface area (Å²) < 4.78 is 66.2. The van der Waals surface area contributed by atoms with Gasteiger partial charge in [0.05, 0.1) is 0 Å². The fourth-order valence-electron chi connectivity index (χ4n) is 2.23. The summed E-state index contributed by atoms with van der Waals surface area (Å²) in [7, 11) is -10.7. The topological polar surface area (TPSA) is 184 Å². The van der Waals surface area contributed by atoms with Crippen molar-refractivity contribution in [3.8, 4) is 6.07 Å². The van der Waals surface area contributed by atoms with Crippen molar-refractivity contribution in [3.05, 3.63) is 30.8 Å². The number of pyridine rings is 1. The first-order valence-corrected chi connectivity index (χ1v) is 13.7. The first-order chi connectivity index (χ1) is 18.4. The van der Waals surface area contributed by atoms with Gasteiger partial charge in [0.1, 0.15) is 11.6 Å². The van der Waals surface area contributed by atoms with Crippen molar-refractivity contribution < 1.29 is 109 Å². The van der Waals surface area contributed by atoms with Crippen LogP contribution in [0.3, 0.4) is 0 Å². The predicted molar refractivity (Wildman–Crippen MR) is 130 cm³/mol. The molecule has 13 nitrogen and oxygen atoms in total. The summed E-state index contributed by atoms with van der Waals surface area (Å²) in [5.74, 6) is 0.552. The predicted octanol–water partition coefficient (Wildman–Crippen LogP) is 5.31. The number of fused-ring (bicyclic) bond motifs is 1. The van der Waals surface area contributed by atoms with Gasteiger partial charge in [0.25, 0.3) is 0 Å². The molecule has 1 aliphatic rings. The normalized spacial score (nSPS) is 13.1. The number of piperidine rings is 1. The third-order valence-electron chi connectivity index (χ3n) is 3.63. The van der Waals surface area contributed by atoms with Crippen LogP contribution in [0.15, 0.2) is 35.9 Å². The van der Waals surface area contributed by atoms with Crippen molar-refractivity contribution in [1.82, 2.24) is 25.0 Å². The molecule has 42 heavy (non-hydrogen) atoms. The summed E-state index contributed by atoms with van der Waals surface area (Å²) in [5.41, 5.74) is 1.36. The number of oxime groups is 1. The van der Waals surface area contributed by atoms with Crippen LogP contribution in [0.25, 0.3) is 11.2 Å². The van der Waals surface area contributed by atoms with Gasteiger partial charge in [-0.1, -0.05) is 24.4 Å². The van der Waals surface area contributed by atoms with Crippen LogP contribution in [0.1, 0.15) is 47.0 Å². The minimum absolute atomic E-state index is 0. The summed E-state index contributed by atoms with van der Waals surface area (Å²) in [4.78, 5) is 36.6. The zero-order valence-electron chi connectivity index (χ0n) is 21.4. The Kier molecular flexibility index (Phi) is 28.6. The fraction of sp³-hybridized carbons (Fsp3) is 0.450. The summed E-state index contributed by atoms with van der Waals surface area (Å²) in [6.45, 7) is 8.94. The average Bonchev–Trinajstić information content (AvgIpc) is 3.27. The number of carbonyl (C=O) groups excluding carboxylic acids is 3. The van der Waals surface area contributed by atoms with Gasteiger partial charge in [0.2, 0.25) is 11.5 Å². The Bertz CT molecular complexity index is 1130. The largest absolute Gasteiger partial charge is 0.409 e. The Morgan fingerprint density at radius 1 is 1.21 bits per heavy atom. The molecule has 2 N–H and O–H groups in total. The van der Waals surface area contributed by atoms with Crippen LogP contribution in [0.4, 0.5) is 25.2 Å². The van der Waals surface area contributed by atoms with Gasteiger partial charge in [-0.15, -0.1) is 5.10 Å². The molecule has 0 bridgehead atoms. The van der Waals surface area contributed by atoms with Crippen LogP contribution < -0.4 is 0 Å². The first-order valence-electron chi connectivity index (χ1n) is 10.4. The number of rotatable bonds is 4. The van der Waals surface area contributed by atoms with Crippen LogP contribution in [0.2, 0.25) is 0 Å². The fourth-order valence-corrected chi connectivity index (χ4v) is 2.23. The third kappa shape index (κ3) is 34.0. The molecule has 3 rings (SSSR count). The van der Waals surface area contributed by atoms with Crippen LogP contribution in [-0.2, 0) is 19.2 Å². The molecule has 2 aromatic heterocycles. The van der Waals surface area contributed by atoms with Gasteiger partial charge in [-0.2, -0.15) is 21.8 Å². The molecule has 0 unspecified atom stereocenters. The number of halogens is 6. The van der Waals surface area contributed by atoms with Gasteiger partial charge in [-0.25, -0.2) is 4.98 Å². The summed E-state index contributed by atoms with van der Waals surface area (Å²) >= 11 is 0.722. The van der Waals surface area contributed by atoms with E-state index in [-0.39, 0.29) is 44.7 Å². The molecule has 2 aromatic rings. The van der Waals surface area contributed by atoms with Crippen molar-refractivity contribution in [2.75, 3.05) is 13.1 Å². The van der Waals surface area contributed by atoms with E-state index in [9.17, 15) is 25.2 Å². The smallest absolute Gasteiger partial charge is 0.219 e. The van der Waals surface area contributed by atoms with E-state index in [2.05, 4.69) is 31.9 Å². The Balaban J connectivity index is -0.000000148. The van der Waals surface area contributed by atoms with Crippen molar-refractivity contribution >= 4 is 37.1 Å². The second-order valence-corrected chi connectivity index (χ2v) is 8.52.